The van der Waals surface area contributed by atoms with E-state index in [0.717, 1.165) is 44.3 Å². The van der Waals surface area contributed by atoms with E-state index in [1.165, 1.54) is 30.2 Å². The van der Waals surface area contributed by atoms with Crippen LogP contribution in [0.3, 0.4) is 0 Å². The van der Waals surface area contributed by atoms with Gasteiger partial charge in [0.05, 0.1) is 11.5 Å². The summed E-state index contributed by atoms with van der Waals surface area (Å²) in [6.45, 7) is 5.71. The van der Waals surface area contributed by atoms with Crippen molar-refractivity contribution < 1.29 is 14.5 Å². The SMILES string of the molecule is CC(C)CCN(CC(=O)N(Cc1cccn1Cc1ccccc1)C1CCCCC1)C(=O)c1cccc([N+](=O)[O-])c1. The quantitative estimate of drug-likeness (QED) is 0.198. The highest BCUT2D eigenvalue weighted by atomic mass is 16.6. The van der Waals surface area contributed by atoms with Crippen molar-refractivity contribution in [3.63, 3.8) is 0 Å². The van der Waals surface area contributed by atoms with Gasteiger partial charge in [0.2, 0.25) is 5.91 Å². The summed E-state index contributed by atoms with van der Waals surface area (Å²) >= 11 is 0. The smallest absolute Gasteiger partial charge is 0.270 e. The van der Waals surface area contributed by atoms with Crippen molar-refractivity contribution in [2.75, 3.05) is 13.1 Å². The first-order valence-electron chi connectivity index (χ1n) is 14.3. The molecule has 1 heterocycles. The van der Waals surface area contributed by atoms with Crippen molar-refractivity contribution in [1.82, 2.24) is 14.4 Å². The van der Waals surface area contributed by atoms with Crippen LogP contribution in [0, 0.1) is 16.0 Å². The van der Waals surface area contributed by atoms with Crippen molar-refractivity contribution in [3.8, 4) is 0 Å². The van der Waals surface area contributed by atoms with Gasteiger partial charge in [-0.05, 0) is 48.9 Å². The Bertz CT molecular complexity index is 1280. The van der Waals surface area contributed by atoms with Crippen molar-refractivity contribution in [1.29, 1.82) is 0 Å². The van der Waals surface area contributed by atoms with Gasteiger partial charge in [0.1, 0.15) is 6.54 Å². The number of carbonyl (C=O) groups excluding carboxylic acids is 2. The van der Waals surface area contributed by atoms with E-state index in [9.17, 15) is 19.7 Å². The molecular formula is C32H40N4O4. The Kier molecular flexibility index (Phi) is 10.1. The molecule has 0 unspecified atom stereocenters. The largest absolute Gasteiger partial charge is 0.345 e. The molecule has 1 saturated carbocycles. The molecule has 40 heavy (non-hydrogen) atoms. The molecule has 0 bridgehead atoms. The van der Waals surface area contributed by atoms with E-state index in [0.29, 0.717) is 19.0 Å². The minimum atomic E-state index is -0.504. The summed E-state index contributed by atoms with van der Waals surface area (Å²) in [5.41, 5.74) is 2.34. The van der Waals surface area contributed by atoms with Crippen LogP contribution in [0.2, 0.25) is 0 Å². The molecule has 212 valence electrons. The summed E-state index contributed by atoms with van der Waals surface area (Å²) in [5, 5.41) is 11.3. The third-order valence-corrected chi connectivity index (χ3v) is 7.68. The highest BCUT2D eigenvalue weighted by Crippen LogP contribution is 2.25. The zero-order valence-electron chi connectivity index (χ0n) is 23.6. The molecule has 2 amide bonds. The average molecular weight is 545 g/mol. The van der Waals surface area contributed by atoms with Gasteiger partial charge in [-0.25, -0.2) is 0 Å². The molecule has 2 aromatic carbocycles. The zero-order chi connectivity index (χ0) is 28.5. The number of nitro groups is 1. The van der Waals surface area contributed by atoms with Crippen LogP contribution in [0.25, 0.3) is 0 Å². The Morgan fingerprint density at radius 1 is 1.00 bits per heavy atom. The first-order valence-corrected chi connectivity index (χ1v) is 14.3. The van der Waals surface area contributed by atoms with Crippen molar-refractivity contribution in [2.45, 2.75) is 71.5 Å². The van der Waals surface area contributed by atoms with Crippen LogP contribution in [0.1, 0.15) is 74.0 Å². The maximum atomic E-state index is 14.0. The van der Waals surface area contributed by atoms with Crippen LogP contribution in [-0.2, 0) is 17.9 Å². The molecule has 0 atom stereocenters. The maximum Gasteiger partial charge on any atom is 0.270 e. The molecule has 1 fully saturated rings. The van der Waals surface area contributed by atoms with Gasteiger partial charge in [-0.2, -0.15) is 0 Å². The number of amides is 2. The number of non-ortho nitro benzene ring substituents is 1. The topological polar surface area (TPSA) is 88.7 Å². The first kappa shape index (κ1) is 29.1. The third-order valence-electron chi connectivity index (χ3n) is 7.68. The lowest BCUT2D eigenvalue weighted by atomic mass is 9.94. The first-order chi connectivity index (χ1) is 19.3. The molecule has 0 aliphatic heterocycles. The number of benzene rings is 2. The van der Waals surface area contributed by atoms with E-state index in [1.54, 1.807) is 11.0 Å². The Labute approximate surface area is 236 Å². The van der Waals surface area contributed by atoms with E-state index >= 15 is 0 Å². The average Bonchev–Trinajstić information content (AvgIpc) is 3.40. The molecule has 1 aliphatic rings. The minimum absolute atomic E-state index is 0.0514. The van der Waals surface area contributed by atoms with Gasteiger partial charge in [0.25, 0.3) is 11.6 Å². The van der Waals surface area contributed by atoms with Crippen LogP contribution in [0.15, 0.2) is 72.9 Å². The fraction of sp³-hybridized carbons (Fsp3) is 0.438. The summed E-state index contributed by atoms with van der Waals surface area (Å²) in [7, 11) is 0. The predicted octanol–water partition coefficient (Wildman–Crippen LogP) is 6.29. The lowest BCUT2D eigenvalue weighted by Crippen LogP contribution is -2.48. The second kappa shape index (κ2) is 13.9. The molecule has 0 radical (unpaired) electrons. The van der Waals surface area contributed by atoms with Crippen molar-refractivity contribution in [3.05, 3.63) is 99.9 Å². The van der Waals surface area contributed by atoms with E-state index < -0.39 is 4.92 Å². The van der Waals surface area contributed by atoms with E-state index in [2.05, 4.69) is 36.6 Å². The van der Waals surface area contributed by atoms with Crippen molar-refractivity contribution in [2.24, 2.45) is 5.92 Å². The minimum Gasteiger partial charge on any atom is -0.345 e. The molecule has 0 spiro atoms. The second-order valence-corrected chi connectivity index (χ2v) is 11.1. The zero-order valence-corrected chi connectivity index (χ0v) is 23.6. The van der Waals surface area contributed by atoms with Crippen LogP contribution in [-0.4, -0.2) is 50.2 Å². The highest BCUT2D eigenvalue weighted by Gasteiger charge is 2.29. The number of aromatic nitrogens is 1. The van der Waals surface area contributed by atoms with E-state index in [-0.39, 0.29) is 35.7 Å². The molecule has 8 heteroatoms. The lowest BCUT2D eigenvalue weighted by molar-refractivity contribution is -0.384. The van der Waals surface area contributed by atoms with Gasteiger partial charge < -0.3 is 14.4 Å². The van der Waals surface area contributed by atoms with Crippen LogP contribution < -0.4 is 0 Å². The predicted molar refractivity (Wildman–Crippen MR) is 156 cm³/mol. The third kappa shape index (κ3) is 7.81. The summed E-state index contributed by atoms with van der Waals surface area (Å²) in [6, 6.07) is 20.2. The summed E-state index contributed by atoms with van der Waals surface area (Å²) in [5.74, 6) is -0.0955. The van der Waals surface area contributed by atoms with Gasteiger partial charge >= 0.3 is 0 Å². The normalized spacial score (nSPS) is 13.8. The Morgan fingerprint density at radius 2 is 1.75 bits per heavy atom. The molecule has 4 rings (SSSR count). The van der Waals surface area contributed by atoms with Gasteiger partial charge in [-0.3, -0.25) is 19.7 Å². The molecule has 3 aromatic rings. The summed E-state index contributed by atoms with van der Waals surface area (Å²) in [6.07, 6.45) is 8.04. The number of hydrogen-bond donors (Lipinski definition) is 0. The standard InChI is InChI=1S/C32H40N4O4/c1-25(2)18-20-34(32(38)27-13-9-16-29(21-27)36(39)40)24-31(37)35(28-14-7-4-8-15-28)23-30-17-10-19-33(30)22-26-11-5-3-6-12-26/h3,5-6,9-13,16-17,19,21,25,28H,4,7-8,14-15,18,20,22-24H2,1-2H3. The second-order valence-electron chi connectivity index (χ2n) is 11.1. The Hall–Kier alpha value is -3.94. The summed E-state index contributed by atoms with van der Waals surface area (Å²) in [4.78, 5) is 41.9. The number of rotatable bonds is 12. The Morgan fingerprint density at radius 3 is 2.45 bits per heavy atom. The molecule has 8 nitrogen and oxygen atoms in total. The highest BCUT2D eigenvalue weighted by molar-refractivity contribution is 5.97. The Balaban J connectivity index is 1.57. The van der Waals surface area contributed by atoms with Gasteiger partial charge in [0.15, 0.2) is 0 Å². The number of nitrogens with zero attached hydrogens (tertiary/aromatic N) is 4. The maximum absolute atomic E-state index is 14.0. The van der Waals surface area contributed by atoms with Gasteiger partial charge in [-0.15, -0.1) is 0 Å². The molecule has 0 saturated heterocycles. The van der Waals surface area contributed by atoms with E-state index in [4.69, 9.17) is 0 Å². The number of hydrogen-bond acceptors (Lipinski definition) is 4. The van der Waals surface area contributed by atoms with Crippen LogP contribution in [0.5, 0.6) is 0 Å². The van der Waals surface area contributed by atoms with Crippen LogP contribution in [0.4, 0.5) is 5.69 Å². The van der Waals surface area contributed by atoms with Crippen molar-refractivity contribution >= 4 is 17.5 Å². The molecule has 1 aromatic heterocycles. The van der Waals surface area contributed by atoms with E-state index in [1.807, 2.05) is 35.4 Å². The van der Waals surface area contributed by atoms with Crippen LogP contribution >= 0.6 is 0 Å². The summed E-state index contributed by atoms with van der Waals surface area (Å²) < 4.78 is 2.18. The molecule has 0 N–H and O–H groups in total. The van der Waals surface area contributed by atoms with Gasteiger partial charge in [-0.1, -0.05) is 69.5 Å². The molecular weight excluding hydrogens is 504 g/mol. The fourth-order valence-corrected chi connectivity index (χ4v) is 5.37. The lowest BCUT2D eigenvalue weighted by Gasteiger charge is -2.36. The number of nitro benzene ring substituents is 1. The fourth-order valence-electron chi connectivity index (χ4n) is 5.37. The molecule has 1 aliphatic carbocycles. The van der Waals surface area contributed by atoms with Gasteiger partial charge in [0, 0.05) is 48.7 Å². The monoisotopic (exact) mass is 544 g/mol. The number of carbonyl (C=O) groups is 2.